The molecule has 6 heteroatoms. The Morgan fingerprint density at radius 2 is 1.76 bits per heavy atom. The van der Waals surface area contributed by atoms with E-state index >= 15 is 0 Å². The van der Waals surface area contributed by atoms with Gasteiger partial charge in [0.05, 0.1) is 6.61 Å². The van der Waals surface area contributed by atoms with Crippen molar-refractivity contribution >= 4 is 12.1 Å². The van der Waals surface area contributed by atoms with Gasteiger partial charge in [0, 0.05) is 16.7 Å². The minimum Gasteiger partial charge on any atom is -0.480 e. The Labute approximate surface area is 193 Å². The standard InChI is InChI=1S/C27H29NO5/c1-25-15-33-27(13-16(25)11-12-26(25,27)2)22(23(29)30)28-24(31)32-14-21-19-9-5-3-7-17(19)18-8-4-6-10-20(18)21/h3-10,16,21-22H,11-15H2,1-2H3,(H,28,31)(H,29,30)/t16-,22-,25+,26-,27+/m1/s1. The van der Waals surface area contributed by atoms with Crippen molar-refractivity contribution in [2.45, 2.75) is 50.7 Å². The van der Waals surface area contributed by atoms with Crippen LogP contribution in [0.3, 0.4) is 0 Å². The summed E-state index contributed by atoms with van der Waals surface area (Å²) in [6.07, 6.45) is 1.97. The van der Waals surface area contributed by atoms with Crippen LogP contribution in [0.5, 0.6) is 0 Å². The molecular formula is C27H29NO5. The number of aliphatic carboxylic acids is 1. The number of nitrogens with one attached hydrogen (secondary N) is 1. The van der Waals surface area contributed by atoms with E-state index in [1.807, 2.05) is 24.3 Å². The van der Waals surface area contributed by atoms with Crippen molar-refractivity contribution < 1.29 is 24.2 Å². The summed E-state index contributed by atoms with van der Waals surface area (Å²) in [5.41, 5.74) is 3.34. The van der Waals surface area contributed by atoms with Gasteiger partial charge < -0.3 is 19.9 Å². The summed E-state index contributed by atoms with van der Waals surface area (Å²) in [6.45, 7) is 5.05. The van der Waals surface area contributed by atoms with Gasteiger partial charge in [-0.2, -0.15) is 0 Å². The van der Waals surface area contributed by atoms with Crippen molar-refractivity contribution in [2.75, 3.05) is 13.2 Å². The average Bonchev–Trinajstić information content (AvgIpc) is 3.41. The second-order valence-corrected chi connectivity index (χ2v) is 10.6. The van der Waals surface area contributed by atoms with E-state index in [0.717, 1.165) is 35.1 Å². The van der Waals surface area contributed by atoms with E-state index in [-0.39, 0.29) is 23.4 Å². The zero-order valence-corrected chi connectivity index (χ0v) is 19.0. The SMILES string of the molecule is C[C@]12CC[C@@H]3C[C@@]1([C@H](NC(=O)OCC1c4ccccc4-c4ccccc41)C(=O)O)OC[C@@]32C. The van der Waals surface area contributed by atoms with E-state index in [2.05, 4.69) is 43.4 Å². The molecule has 1 aliphatic heterocycles. The highest BCUT2D eigenvalue weighted by molar-refractivity contribution is 5.82. The quantitative estimate of drug-likeness (QED) is 0.701. The molecule has 0 aromatic heterocycles. The lowest BCUT2D eigenvalue weighted by molar-refractivity contribution is -0.158. The topological polar surface area (TPSA) is 84.9 Å². The lowest BCUT2D eigenvalue weighted by Crippen LogP contribution is -2.62. The molecule has 3 fully saturated rings. The average molecular weight is 448 g/mol. The zero-order chi connectivity index (χ0) is 23.0. The summed E-state index contributed by atoms with van der Waals surface area (Å²) in [4.78, 5) is 25.3. The van der Waals surface area contributed by atoms with Crippen molar-refractivity contribution in [2.24, 2.45) is 16.7 Å². The van der Waals surface area contributed by atoms with E-state index in [1.165, 1.54) is 0 Å². The van der Waals surface area contributed by atoms with Gasteiger partial charge in [0.1, 0.15) is 12.2 Å². The summed E-state index contributed by atoms with van der Waals surface area (Å²) in [6, 6.07) is 15.1. The third-order valence-electron chi connectivity index (χ3n) is 9.59. The number of carbonyl (C=O) groups is 2. The van der Waals surface area contributed by atoms with E-state index in [1.54, 1.807) is 0 Å². The number of carbonyl (C=O) groups excluding carboxylic acids is 1. The molecule has 172 valence electrons. The van der Waals surface area contributed by atoms with Gasteiger partial charge in [0.15, 0.2) is 6.04 Å². The Hall–Kier alpha value is -2.86. The first kappa shape index (κ1) is 20.7. The van der Waals surface area contributed by atoms with Gasteiger partial charge in [0.25, 0.3) is 0 Å². The molecule has 2 N–H and O–H groups in total. The highest BCUT2D eigenvalue weighted by atomic mass is 16.6. The molecule has 1 heterocycles. The summed E-state index contributed by atoms with van der Waals surface area (Å²) in [7, 11) is 0. The zero-order valence-electron chi connectivity index (χ0n) is 19.0. The lowest BCUT2D eigenvalue weighted by Gasteiger charge is -2.45. The molecule has 3 aliphatic carbocycles. The van der Waals surface area contributed by atoms with Gasteiger partial charge in [0.2, 0.25) is 0 Å². The normalized spacial score (nSPS) is 34.1. The molecule has 4 aliphatic rings. The molecule has 1 saturated heterocycles. The summed E-state index contributed by atoms with van der Waals surface area (Å²) in [5.74, 6) is -0.709. The molecule has 0 unspecified atom stereocenters. The maximum absolute atomic E-state index is 12.9. The number of fused-ring (bicyclic) bond motifs is 3. The number of hydrogen-bond acceptors (Lipinski definition) is 4. The Morgan fingerprint density at radius 3 is 2.33 bits per heavy atom. The number of benzene rings is 2. The van der Waals surface area contributed by atoms with Crippen LogP contribution in [-0.2, 0) is 14.3 Å². The minimum absolute atomic E-state index is 0.0381. The second-order valence-electron chi connectivity index (χ2n) is 10.6. The van der Waals surface area contributed by atoms with Crippen LogP contribution >= 0.6 is 0 Å². The summed E-state index contributed by atoms with van der Waals surface area (Å²) in [5, 5.41) is 12.8. The van der Waals surface area contributed by atoms with E-state index < -0.39 is 23.7 Å². The number of alkyl carbamates (subject to hydrolysis) is 1. The largest absolute Gasteiger partial charge is 0.480 e. The number of rotatable bonds is 5. The number of hydrogen-bond donors (Lipinski definition) is 2. The van der Waals surface area contributed by atoms with Crippen LogP contribution < -0.4 is 5.32 Å². The molecule has 2 aromatic rings. The summed E-state index contributed by atoms with van der Waals surface area (Å²) >= 11 is 0. The second kappa shape index (κ2) is 6.83. The van der Waals surface area contributed by atoms with Crippen LogP contribution in [0, 0.1) is 16.7 Å². The Morgan fingerprint density at radius 1 is 1.12 bits per heavy atom. The van der Waals surface area contributed by atoms with Crippen LogP contribution in [0.25, 0.3) is 11.1 Å². The van der Waals surface area contributed by atoms with E-state index in [4.69, 9.17) is 9.47 Å². The van der Waals surface area contributed by atoms with Gasteiger partial charge in [-0.05, 0) is 47.4 Å². The maximum Gasteiger partial charge on any atom is 0.407 e. The monoisotopic (exact) mass is 447 g/mol. The molecule has 5 atom stereocenters. The summed E-state index contributed by atoms with van der Waals surface area (Å²) < 4.78 is 11.9. The van der Waals surface area contributed by atoms with Crippen molar-refractivity contribution in [3.8, 4) is 11.1 Å². The predicted octanol–water partition coefficient (Wildman–Crippen LogP) is 4.57. The van der Waals surface area contributed by atoms with Crippen molar-refractivity contribution in [1.29, 1.82) is 0 Å². The Balaban J connectivity index is 1.21. The van der Waals surface area contributed by atoms with Crippen LogP contribution in [0.4, 0.5) is 4.79 Å². The third-order valence-corrected chi connectivity index (χ3v) is 9.59. The first-order chi connectivity index (χ1) is 15.8. The molecular weight excluding hydrogens is 418 g/mol. The van der Waals surface area contributed by atoms with Crippen LogP contribution in [0.2, 0.25) is 0 Å². The molecule has 6 nitrogen and oxygen atoms in total. The van der Waals surface area contributed by atoms with Crippen LogP contribution in [0.1, 0.15) is 50.2 Å². The molecule has 2 saturated carbocycles. The number of carboxylic acid groups (broad SMARTS) is 1. The highest BCUT2D eigenvalue weighted by Crippen LogP contribution is 2.75. The number of carboxylic acids is 1. The number of amides is 1. The number of ether oxygens (including phenoxy) is 2. The van der Waals surface area contributed by atoms with Gasteiger partial charge in [-0.25, -0.2) is 9.59 Å². The third kappa shape index (κ3) is 2.53. The maximum atomic E-state index is 12.9. The van der Waals surface area contributed by atoms with Crippen molar-refractivity contribution in [1.82, 2.24) is 5.32 Å². The fourth-order valence-corrected chi connectivity index (χ4v) is 7.56. The minimum atomic E-state index is -1.13. The van der Waals surface area contributed by atoms with Crippen LogP contribution in [0.15, 0.2) is 48.5 Å². The van der Waals surface area contributed by atoms with E-state index in [9.17, 15) is 14.7 Å². The van der Waals surface area contributed by atoms with Gasteiger partial charge in [-0.1, -0.05) is 62.4 Å². The lowest BCUT2D eigenvalue weighted by atomic mass is 9.64. The Kier molecular flexibility index (Phi) is 4.29. The molecule has 0 radical (unpaired) electrons. The van der Waals surface area contributed by atoms with Crippen molar-refractivity contribution in [3.63, 3.8) is 0 Å². The van der Waals surface area contributed by atoms with E-state index in [0.29, 0.717) is 18.9 Å². The fourth-order valence-electron chi connectivity index (χ4n) is 7.56. The van der Waals surface area contributed by atoms with Gasteiger partial charge in [-0.3, -0.25) is 0 Å². The Bertz CT molecular complexity index is 1120. The molecule has 6 rings (SSSR count). The molecule has 2 aromatic carbocycles. The fraction of sp³-hybridized carbons (Fsp3) is 0.481. The van der Waals surface area contributed by atoms with Crippen LogP contribution in [-0.4, -0.2) is 42.0 Å². The van der Waals surface area contributed by atoms with Gasteiger partial charge in [-0.15, -0.1) is 0 Å². The van der Waals surface area contributed by atoms with Crippen molar-refractivity contribution in [3.05, 3.63) is 59.7 Å². The molecule has 33 heavy (non-hydrogen) atoms. The molecule has 4 bridgehead atoms. The first-order valence-corrected chi connectivity index (χ1v) is 11.8. The molecule has 1 amide bonds. The predicted molar refractivity (Wildman–Crippen MR) is 122 cm³/mol. The molecule has 0 spiro atoms. The first-order valence-electron chi connectivity index (χ1n) is 11.8. The van der Waals surface area contributed by atoms with Gasteiger partial charge >= 0.3 is 12.1 Å². The highest BCUT2D eigenvalue weighted by Gasteiger charge is 2.78. The smallest absolute Gasteiger partial charge is 0.407 e.